The second-order valence-corrected chi connectivity index (χ2v) is 4.28. The van der Waals surface area contributed by atoms with Gasteiger partial charge in [0.2, 0.25) is 0 Å². The molecule has 0 fully saturated rings. The predicted molar refractivity (Wildman–Crippen MR) is 68.9 cm³/mol. The molecule has 2 aromatic rings. The number of halogens is 2. The Morgan fingerprint density at radius 3 is 2.63 bits per heavy atom. The number of rotatable bonds is 2. The molecule has 1 aromatic carbocycles. The molecule has 3 N–H and O–H groups in total. The highest BCUT2D eigenvalue weighted by Crippen LogP contribution is 2.22. The molecular weight excluding hydrogens is 252 g/mol. The molecule has 0 aliphatic heterocycles. The fourth-order valence-electron chi connectivity index (χ4n) is 1.76. The van der Waals surface area contributed by atoms with Crippen LogP contribution in [0.3, 0.4) is 0 Å². The fourth-order valence-corrected chi connectivity index (χ4v) is 1.76. The smallest absolute Gasteiger partial charge is 0.272 e. The number of anilines is 2. The lowest BCUT2D eigenvalue weighted by Crippen LogP contribution is -2.17. The Labute approximate surface area is 108 Å². The van der Waals surface area contributed by atoms with Crippen LogP contribution < -0.4 is 11.1 Å². The highest BCUT2D eigenvalue weighted by atomic mass is 19.1. The molecule has 19 heavy (non-hydrogen) atoms. The van der Waals surface area contributed by atoms with Gasteiger partial charge >= 0.3 is 0 Å². The molecule has 100 valence electrons. The van der Waals surface area contributed by atoms with Gasteiger partial charge in [0, 0.05) is 13.2 Å². The zero-order chi connectivity index (χ0) is 14.2. The first-order chi connectivity index (χ1) is 8.90. The molecule has 1 heterocycles. The van der Waals surface area contributed by atoms with E-state index >= 15 is 0 Å². The van der Waals surface area contributed by atoms with E-state index in [2.05, 4.69) is 5.32 Å². The second kappa shape index (κ2) is 4.72. The maximum absolute atomic E-state index is 13.8. The van der Waals surface area contributed by atoms with Crippen LogP contribution in [0.1, 0.15) is 16.1 Å². The van der Waals surface area contributed by atoms with Gasteiger partial charge in [-0.1, -0.05) is 6.07 Å². The van der Waals surface area contributed by atoms with E-state index in [1.54, 1.807) is 7.05 Å². The standard InChI is InChI=1S/C13H13F2N3O/c1-7-3-4-9(14)12(11(7)15)17-13(19)10-5-8(16)6-18(10)2/h3-6H,16H2,1-2H3,(H,17,19). The van der Waals surface area contributed by atoms with Crippen molar-refractivity contribution in [1.82, 2.24) is 4.57 Å². The Morgan fingerprint density at radius 1 is 1.37 bits per heavy atom. The summed E-state index contributed by atoms with van der Waals surface area (Å²) in [6.45, 7) is 1.49. The maximum Gasteiger partial charge on any atom is 0.272 e. The summed E-state index contributed by atoms with van der Waals surface area (Å²) in [5.41, 5.74) is 5.97. The van der Waals surface area contributed by atoms with Crippen molar-refractivity contribution in [1.29, 1.82) is 0 Å². The number of hydrogen-bond donors (Lipinski definition) is 2. The molecule has 0 aliphatic carbocycles. The third kappa shape index (κ3) is 2.42. The summed E-state index contributed by atoms with van der Waals surface area (Å²) in [6, 6.07) is 3.84. The quantitative estimate of drug-likeness (QED) is 0.876. The molecule has 1 amide bonds. The number of nitrogens with two attached hydrogens (primary N) is 1. The zero-order valence-corrected chi connectivity index (χ0v) is 10.5. The normalized spacial score (nSPS) is 10.5. The monoisotopic (exact) mass is 265 g/mol. The van der Waals surface area contributed by atoms with E-state index in [4.69, 9.17) is 5.73 Å². The van der Waals surface area contributed by atoms with Gasteiger partial charge in [0.1, 0.15) is 17.2 Å². The van der Waals surface area contributed by atoms with Crippen LogP contribution in [-0.2, 0) is 7.05 Å². The van der Waals surface area contributed by atoms with E-state index < -0.39 is 23.2 Å². The van der Waals surface area contributed by atoms with Gasteiger partial charge in [0.15, 0.2) is 5.82 Å². The summed E-state index contributed by atoms with van der Waals surface area (Å²) in [7, 11) is 1.62. The second-order valence-electron chi connectivity index (χ2n) is 4.28. The molecule has 6 heteroatoms. The van der Waals surface area contributed by atoms with E-state index in [9.17, 15) is 13.6 Å². The molecule has 0 unspecified atom stereocenters. The number of nitrogen functional groups attached to an aromatic ring is 1. The minimum Gasteiger partial charge on any atom is -0.397 e. The van der Waals surface area contributed by atoms with E-state index in [0.717, 1.165) is 6.07 Å². The highest BCUT2D eigenvalue weighted by molar-refractivity contribution is 6.04. The average Bonchev–Trinajstić information content (AvgIpc) is 2.69. The zero-order valence-electron chi connectivity index (χ0n) is 10.5. The van der Waals surface area contributed by atoms with E-state index in [1.165, 1.54) is 29.8 Å². The number of carbonyl (C=O) groups excluding carboxylic acids is 1. The van der Waals surface area contributed by atoms with Crippen molar-refractivity contribution in [3.63, 3.8) is 0 Å². The van der Waals surface area contributed by atoms with Crippen LogP contribution in [0.2, 0.25) is 0 Å². The lowest BCUT2D eigenvalue weighted by atomic mass is 10.2. The first-order valence-electron chi connectivity index (χ1n) is 5.58. The van der Waals surface area contributed by atoms with E-state index in [1.807, 2.05) is 0 Å². The SMILES string of the molecule is Cc1ccc(F)c(NC(=O)c2cc(N)cn2C)c1F. The van der Waals surface area contributed by atoms with Gasteiger partial charge < -0.3 is 15.6 Å². The number of benzene rings is 1. The van der Waals surface area contributed by atoms with Gasteiger partial charge in [-0.05, 0) is 24.6 Å². The number of hydrogen-bond acceptors (Lipinski definition) is 2. The van der Waals surface area contributed by atoms with Gasteiger partial charge in [0.25, 0.3) is 5.91 Å². The largest absolute Gasteiger partial charge is 0.397 e. The summed E-state index contributed by atoms with van der Waals surface area (Å²) in [5.74, 6) is -2.23. The average molecular weight is 265 g/mol. The summed E-state index contributed by atoms with van der Waals surface area (Å²) in [5, 5.41) is 2.22. The van der Waals surface area contributed by atoms with Crippen LogP contribution in [0.25, 0.3) is 0 Å². The molecule has 1 aromatic heterocycles. The molecule has 0 saturated carbocycles. The van der Waals surface area contributed by atoms with Gasteiger partial charge in [-0.25, -0.2) is 8.78 Å². The van der Waals surface area contributed by atoms with Gasteiger partial charge in [-0.15, -0.1) is 0 Å². The Balaban J connectivity index is 2.34. The topological polar surface area (TPSA) is 60.1 Å². The minimum absolute atomic E-state index is 0.220. The predicted octanol–water partition coefficient (Wildman–Crippen LogP) is 2.45. The van der Waals surface area contributed by atoms with Crippen molar-refractivity contribution in [2.24, 2.45) is 7.05 Å². The molecule has 2 rings (SSSR count). The van der Waals surface area contributed by atoms with Crippen molar-refractivity contribution in [2.75, 3.05) is 11.1 Å². The number of carbonyl (C=O) groups is 1. The third-order valence-corrected chi connectivity index (χ3v) is 2.78. The van der Waals surface area contributed by atoms with E-state index in [0.29, 0.717) is 5.69 Å². The van der Waals surface area contributed by atoms with Crippen LogP contribution in [0.15, 0.2) is 24.4 Å². The van der Waals surface area contributed by atoms with E-state index in [-0.39, 0.29) is 11.3 Å². The first-order valence-corrected chi connectivity index (χ1v) is 5.58. The Kier molecular flexibility index (Phi) is 3.25. The molecule has 0 bridgehead atoms. The summed E-state index contributed by atoms with van der Waals surface area (Å²) >= 11 is 0. The molecular formula is C13H13F2N3O. The number of aryl methyl sites for hydroxylation is 2. The minimum atomic E-state index is -0.821. The van der Waals surface area contributed by atoms with Gasteiger partial charge in [0.05, 0.1) is 5.69 Å². The maximum atomic E-state index is 13.8. The third-order valence-electron chi connectivity index (χ3n) is 2.78. The Morgan fingerprint density at radius 2 is 2.05 bits per heavy atom. The molecule has 0 radical (unpaired) electrons. The van der Waals surface area contributed by atoms with Crippen LogP contribution >= 0.6 is 0 Å². The Bertz CT molecular complexity index is 650. The Hall–Kier alpha value is -2.37. The van der Waals surface area contributed by atoms with Gasteiger partial charge in [-0.3, -0.25) is 4.79 Å². The van der Waals surface area contributed by atoms with Crippen LogP contribution in [-0.4, -0.2) is 10.5 Å². The fraction of sp³-hybridized carbons (Fsp3) is 0.154. The van der Waals surface area contributed by atoms with Crippen molar-refractivity contribution in [2.45, 2.75) is 6.92 Å². The van der Waals surface area contributed by atoms with Crippen molar-refractivity contribution < 1.29 is 13.6 Å². The molecule has 0 saturated heterocycles. The lowest BCUT2D eigenvalue weighted by Gasteiger charge is -2.09. The van der Waals surface area contributed by atoms with Gasteiger partial charge in [-0.2, -0.15) is 0 Å². The number of amides is 1. The highest BCUT2D eigenvalue weighted by Gasteiger charge is 2.17. The summed E-state index contributed by atoms with van der Waals surface area (Å²) in [6.07, 6.45) is 1.54. The van der Waals surface area contributed by atoms with Crippen molar-refractivity contribution >= 4 is 17.3 Å². The number of aromatic nitrogens is 1. The molecule has 0 aliphatic rings. The van der Waals surface area contributed by atoms with Crippen molar-refractivity contribution in [3.05, 3.63) is 47.3 Å². The first kappa shape index (κ1) is 13.1. The molecule has 0 spiro atoms. The molecule has 0 atom stereocenters. The summed E-state index contributed by atoms with van der Waals surface area (Å²) < 4.78 is 28.8. The number of nitrogens with zero attached hydrogens (tertiary/aromatic N) is 1. The summed E-state index contributed by atoms with van der Waals surface area (Å²) in [4.78, 5) is 11.9. The lowest BCUT2D eigenvalue weighted by molar-refractivity contribution is 0.101. The van der Waals surface area contributed by atoms with Crippen LogP contribution in [0.5, 0.6) is 0 Å². The van der Waals surface area contributed by atoms with Crippen molar-refractivity contribution in [3.8, 4) is 0 Å². The molecule has 4 nitrogen and oxygen atoms in total. The van der Waals surface area contributed by atoms with Crippen LogP contribution in [0, 0.1) is 18.6 Å². The van der Waals surface area contributed by atoms with Crippen LogP contribution in [0.4, 0.5) is 20.2 Å². The number of nitrogens with one attached hydrogen (secondary N) is 1.